The summed E-state index contributed by atoms with van der Waals surface area (Å²) in [5.74, 6) is -0.328. The number of carbonyl (C=O) groups excluding carboxylic acids is 1. The Morgan fingerprint density at radius 3 is 2.91 bits per heavy atom. The molecule has 172 valence electrons. The van der Waals surface area contributed by atoms with E-state index in [1.54, 1.807) is 12.1 Å². The summed E-state index contributed by atoms with van der Waals surface area (Å²) in [5.41, 5.74) is 3.60. The van der Waals surface area contributed by atoms with Crippen molar-refractivity contribution in [3.8, 4) is 0 Å². The van der Waals surface area contributed by atoms with Crippen molar-refractivity contribution in [3.63, 3.8) is 0 Å². The maximum absolute atomic E-state index is 13.7. The summed E-state index contributed by atoms with van der Waals surface area (Å²) in [6.45, 7) is 8.54. The molecule has 6 rings (SSSR count). The summed E-state index contributed by atoms with van der Waals surface area (Å²) in [6.07, 6.45) is 3.61. The molecule has 2 fully saturated rings. The Morgan fingerprint density at radius 2 is 2.03 bits per heavy atom. The molecule has 3 aliphatic heterocycles. The number of piperidine rings is 1. The van der Waals surface area contributed by atoms with Crippen molar-refractivity contribution < 1.29 is 9.18 Å². The van der Waals surface area contributed by atoms with E-state index in [-0.39, 0.29) is 17.1 Å². The molecule has 6 heteroatoms. The lowest BCUT2D eigenvalue weighted by Gasteiger charge is -2.38. The van der Waals surface area contributed by atoms with Crippen molar-refractivity contribution in [1.29, 1.82) is 0 Å². The van der Waals surface area contributed by atoms with Gasteiger partial charge in [0.1, 0.15) is 11.5 Å². The molecule has 33 heavy (non-hydrogen) atoms. The highest BCUT2D eigenvalue weighted by Crippen LogP contribution is 2.47. The third-order valence-electron chi connectivity index (χ3n) is 8.11. The molecule has 0 radical (unpaired) electrons. The van der Waals surface area contributed by atoms with Crippen LogP contribution in [0.2, 0.25) is 0 Å². The predicted molar refractivity (Wildman–Crippen MR) is 129 cm³/mol. The number of para-hydroxylation sites is 1. The number of likely N-dealkylation sites (N-methyl/N-ethyl adjacent to an activating group) is 1. The quantitative estimate of drug-likeness (QED) is 0.649. The largest absolute Gasteiger partial charge is 0.351 e. The van der Waals surface area contributed by atoms with Gasteiger partial charge in [0.15, 0.2) is 0 Å². The number of rotatable bonds is 3. The van der Waals surface area contributed by atoms with Gasteiger partial charge in [0, 0.05) is 47.7 Å². The normalized spacial score (nSPS) is 25.9. The van der Waals surface area contributed by atoms with Crippen molar-refractivity contribution in [2.24, 2.45) is 0 Å². The number of hydrogen-bond donors (Lipinski definition) is 1. The molecule has 4 heterocycles. The molecule has 5 nitrogen and oxygen atoms in total. The second kappa shape index (κ2) is 7.96. The first-order valence-electron chi connectivity index (χ1n) is 12.2. The molecule has 1 unspecified atom stereocenters. The first kappa shape index (κ1) is 20.9. The van der Waals surface area contributed by atoms with Crippen molar-refractivity contribution in [1.82, 2.24) is 14.8 Å². The van der Waals surface area contributed by atoms with E-state index in [0.717, 1.165) is 49.2 Å². The number of carbonyl (C=O) groups is 1. The molecular weight excluding hydrogens is 415 g/mol. The summed E-state index contributed by atoms with van der Waals surface area (Å²) in [5, 5.41) is 0.727. The fraction of sp³-hybridized carbons (Fsp3) is 0.444. The van der Waals surface area contributed by atoms with Gasteiger partial charge in [-0.15, -0.1) is 0 Å². The Hall–Kier alpha value is -2.70. The fourth-order valence-electron chi connectivity index (χ4n) is 6.36. The maximum atomic E-state index is 13.7. The smallest absolute Gasteiger partial charge is 0.274 e. The van der Waals surface area contributed by atoms with Crippen LogP contribution in [0.15, 0.2) is 48.5 Å². The molecule has 1 aromatic heterocycles. The van der Waals surface area contributed by atoms with E-state index in [1.807, 2.05) is 11.0 Å². The lowest BCUT2D eigenvalue weighted by molar-refractivity contribution is 0.0977. The van der Waals surface area contributed by atoms with Gasteiger partial charge in [0.2, 0.25) is 0 Å². The number of benzene rings is 2. The van der Waals surface area contributed by atoms with Crippen LogP contribution in [-0.4, -0.2) is 66.0 Å². The minimum absolute atomic E-state index is 0.0150. The van der Waals surface area contributed by atoms with E-state index in [9.17, 15) is 9.18 Å². The lowest BCUT2D eigenvalue weighted by atomic mass is 9.81. The number of anilines is 1. The zero-order valence-corrected chi connectivity index (χ0v) is 19.2. The SMILES string of the molecule is CCN1CCCC(N2CC[C@]3(CN(C(=O)c4cc5cc(F)ccc5[nH]4)c4ccccc43)C2)C1. The summed E-state index contributed by atoms with van der Waals surface area (Å²) in [6, 6.07) is 15.4. The number of aromatic amines is 1. The Kier molecular flexibility index (Phi) is 5.03. The van der Waals surface area contributed by atoms with Crippen LogP contribution in [0.25, 0.3) is 10.9 Å². The first-order chi connectivity index (χ1) is 16.1. The lowest BCUT2D eigenvalue weighted by Crippen LogP contribution is -2.48. The molecular formula is C27H31FN4O. The number of halogens is 1. The molecule has 2 saturated heterocycles. The minimum atomic E-state index is -0.290. The molecule has 3 aliphatic rings. The van der Waals surface area contributed by atoms with Crippen LogP contribution < -0.4 is 4.90 Å². The van der Waals surface area contributed by atoms with Crippen molar-refractivity contribution >= 4 is 22.5 Å². The number of aromatic nitrogens is 1. The van der Waals surface area contributed by atoms with E-state index in [1.165, 1.54) is 37.1 Å². The first-order valence-corrected chi connectivity index (χ1v) is 12.2. The maximum Gasteiger partial charge on any atom is 0.274 e. The molecule has 0 aliphatic carbocycles. The van der Waals surface area contributed by atoms with Crippen molar-refractivity contribution in [2.75, 3.05) is 44.2 Å². The number of nitrogens with one attached hydrogen (secondary N) is 1. The van der Waals surface area contributed by atoms with Gasteiger partial charge in [-0.1, -0.05) is 25.1 Å². The van der Waals surface area contributed by atoms with E-state index in [4.69, 9.17) is 0 Å². The van der Waals surface area contributed by atoms with Crippen LogP contribution in [0.3, 0.4) is 0 Å². The van der Waals surface area contributed by atoms with Gasteiger partial charge in [0.25, 0.3) is 5.91 Å². The monoisotopic (exact) mass is 446 g/mol. The van der Waals surface area contributed by atoms with Crippen LogP contribution in [0.4, 0.5) is 10.1 Å². The summed E-state index contributed by atoms with van der Waals surface area (Å²) in [7, 11) is 0. The summed E-state index contributed by atoms with van der Waals surface area (Å²) < 4.78 is 13.7. The number of hydrogen-bond acceptors (Lipinski definition) is 3. The van der Waals surface area contributed by atoms with Crippen molar-refractivity contribution in [3.05, 3.63) is 65.6 Å². The predicted octanol–water partition coefficient (Wildman–Crippen LogP) is 4.40. The van der Waals surface area contributed by atoms with E-state index < -0.39 is 0 Å². The van der Waals surface area contributed by atoms with Gasteiger partial charge in [0.05, 0.1) is 0 Å². The van der Waals surface area contributed by atoms with Crippen LogP contribution in [0, 0.1) is 5.82 Å². The Labute approximate surface area is 194 Å². The van der Waals surface area contributed by atoms with Gasteiger partial charge in [-0.25, -0.2) is 4.39 Å². The molecule has 0 bridgehead atoms. The molecule has 1 amide bonds. The second-order valence-corrected chi connectivity index (χ2v) is 10.0. The van der Waals surface area contributed by atoms with Gasteiger partial charge in [-0.3, -0.25) is 9.69 Å². The number of likely N-dealkylation sites (tertiary alicyclic amines) is 2. The van der Waals surface area contributed by atoms with Gasteiger partial charge in [-0.05, 0) is 74.8 Å². The van der Waals surface area contributed by atoms with Gasteiger partial charge in [-0.2, -0.15) is 0 Å². The summed E-state index contributed by atoms with van der Waals surface area (Å²) in [4.78, 5) is 24.0. The fourth-order valence-corrected chi connectivity index (χ4v) is 6.36. The number of H-pyrrole nitrogens is 1. The highest BCUT2D eigenvalue weighted by molar-refractivity contribution is 6.09. The summed E-state index contributed by atoms with van der Waals surface area (Å²) >= 11 is 0. The number of amides is 1. The molecule has 2 atom stereocenters. The minimum Gasteiger partial charge on any atom is -0.351 e. The van der Waals surface area contributed by atoms with Crippen molar-refractivity contribution in [2.45, 2.75) is 37.6 Å². The van der Waals surface area contributed by atoms with Gasteiger partial charge < -0.3 is 14.8 Å². The highest BCUT2D eigenvalue weighted by atomic mass is 19.1. The molecule has 2 aromatic carbocycles. The molecule has 1 N–H and O–H groups in total. The molecule has 3 aromatic rings. The number of nitrogens with zero attached hydrogens (tertiary/aromatic N) is 3. The highest BCUT2D eigenvalue weighted by Gasteiger charge is 2.50. The Morgan fingerprint density at radius 1 is 1.15 bits per heavy atom. The average molecular weight is 447 g/mol. The van der Waals surface area contributed by atoms with E-state index in [2.05, 4.69) is 39.9 Å². The second-order valence-electron chi connectivity index (χ2n) is 10.0. The topological polar surface area (TPSA) is 42.6 Å². The zero-order chi connectivity index (χ0) is 22.6. The Bertz CT molecular complexity index is 1210. The van der Waals surface area contributed by atoms with Crippen LogP contribution in [-0.2, 0) is 5.41 Å². The van der Waals surface area contributed by atoms with Crippen LogP contribution >= 0.6 is 0 Å². The van der Waals surface area contributed by atoms with Crippen LogP contribution in [0.5, 0.6) is 0 Å². The number of fused-ring (bicyclic) bond motifs is 3. The molecule has 1 spiro atoms. The van der Waals surface area contributed by atoms with E-state index >= 15 is 0 Å². The van der Waals surface area contributed by atoms with Gasteiger partial charge >= 0.3 is 0 Å². The standard InChI is InChI=1S/C27H31FN4O/c1-2-30-12-5-6-21(16-30)31-13-11-27(17-31)18-32(25-8-4-3-7-22(25)27)26(33)24-15-19-14-20(28)9-10-23(19)29-24/h3-4,7-10,14-15,21,29H,2,5-6,11-13,16-18H2,1H3/t21?,27-/m1/s1. The molecule has 0 saturated carbocycles. The zero-order valence-electron chi connectivity index (χ0n) is 19.2. The van der Waals surface area contributed by atoms with E-state index in [0.29, 0.717) is 18.3 Å². The van der Waals surface area contributed by atoms with Crippen LogP contribution in [0.1, 0.15) is 42.2 Å². The third-order valence-corrected chi connectivity index (χ3v) is 8.11. The average Bonchev–Trinajstić information content (AvgIpc) is 3.55. The third kappa shape index (κ3) is 3.47. The Balaban J connectivity index is 1.29.